The van der Waals surface area contributed by atoms with Gasteiger partial charge in [-0.2, -0.15) is 0 Å². The van der Waals surface area contributed by atoms with Crippen LogP contribution in [0.4, 0.5) is 18.9 Å². The summed E-state index contributed by atoms with van der Waals surface area (Å²) in [6, 6.07) is 17.4. The Morgan fingerprint density at radius 3 is 2.41 bits per heavy atom. The van der Waals surface area contributed by atoms with Gasteiger partial charge in [0.25, 0.3) is 0 Å². The molecule has 0 aliphatic carbocycles. The molecule has 194 valence electrons. The van der Waals surface area contributed by atoms with E-state index in [0.717, 1.165) is 18.5 Å². The van der Waals surface area contributed by atoms with E-state index in [-0.39, 0.29) is 46.9 Å². The molecule has 1 N–H and O–H groups in total. The summed E-state index contributed by atoms with van der Waals surface area (Å²) >= 11 is 0. The predicted octanol–water partition coefficient (Wildman–Crippen LogP) is 6.11. The van der Waals surface area contributed by atoms with Crippen molar-refractivity contribution < 1.29 is 32.2 Å². The molecular weight excluding hydrogens is 485 g/mol. The third kappa shape index (κ3) is 5.09. The van der Waals surface area contributed by atoms with Gasteiger partial charge in [-0.25, -0.2) is 4.79 Å². The first-order valence-electron chi connectivity index (χ1n) is 12.1. The average Bonchev–Trinajstić information content (AvgIpc) is 3.25. The molecular formula is C28H27F3N2O4. The maximum absolute atomic E-state index is 13.7. The van der Waals surface area contributed by atoms with Crippen molar-refractivity contribution in [2.75, 3.05) is 25.5 Å². The Labute approximate surface area is 212 Å². The summed E-state index contributed by atoms with van der Waals surface area (Å²) in [5.74, 6) is -0.696. The van der Waals surface area contributed by atoms with E-state index in [0.29, 0.717) is 17.8 Å². The molecule has 2 aliphatic rings. The Balaban J connectivity index is 1.68. The molecule has 2 aliphatic heterocycles. The van der Waals surface area contributed by atoms with Crippen LogP contribution in [-0.4, -0.2) is 37.4 Å². The lowest BCUT2D eigenvalue weighted by Crippen LogP contribution is -2.33. The molecule has 1 saturated heterocycles. The van der Waals surface area contributed by atoms with Crippen LogP contribution in [0.3, 0.4) is 0 Å². The van der Waals surface area contributed by atoms with Gasteiger partial charge in [0, 0.05) is 23.7 Å². The Morgan fingerprint density at radius 1 is 1.05 bits per heavy atom. The minimum absolute atomic E-state index is 0.0165. The van der Waals surface area contributed by atoms with Crippen molar-refractivity contribution in [2.45, 2.75) is 32.4 Å². The van der Waals surface area contributed by atoms with Gasteiger partial charge in [-0.3, -0.25) is 4.90 Å². The molecule has 3 aromatic rings. The van der Waals surface area contributed by atoms with Crippen LogP contribution in [0.25, 0.3) is 0 Å². The fraction of sp³-hybridized carbons (Fsp3) is 0.321. The van der Waals surface area contributed by atoms with Crippen LogP contribution in [0, 0.1) is 12.8 Å². The number of esters is 1. The number of alkyl halides is 3. The summed E-state index contributed by atoms with van der Waals surface area (Å²) in [6.45, 7) is 2.82. The van der Waals surface area contributed by atoms with Crippen molar-refractivity contribution in [3.63, 3.8) is 0 Å². The lowest BCUT2D eigenvalue weighted by atomic mass is 9.85. The standard InChI is InChI=1S/C28H27F3N2O4/c1-17-21(27(34)36-20-11-7-4-8-12-20)26(35-16-18-9-5-3-6-10-18)23-22(25(17)37-28(29,30)31)24-19(15-32-23)13-14-33(24)2/h3-12,19,24,32H,13-16H2,1-2H3. The number of benzene rings is 3. The van der Waals surface area contributed by atoms with Gasteiger partial charge in [0.15, 0.2) is 5.75 Å². The van der Waals surface area contributed by atoms with Crippen molar-refractivity contribution in [3.8, 4) is 17.2 Å². The molecule has 0 spiro atoms. The summed E-state index contributed by atoms with van der Waals surface area (Å²) in [5.41, 5.74) is 1.44. The molecule has 5 rings (SSSR count). The highest BCUT2D eigenvalue weighted by molar-refractivity contribution is 6.00. The molecule has 2 atom stereocenters. The van der Waals surface area contributed by atoms with Gasteiger partial charge in [-0.15, -0.1) is 13.2 Å². The molecule has 0 bridgehead atoms. The van der Waals surface area contributed by atoms with Crippen molar-refractivity contribution >= 4 is 11.7 Å². The average molecular weight is 513 g/mol. The lowest BCUT2D eigenvalue weighted by Gasteiger charge is -2.36. The number of anilines is 1. The molecule has 0 saturated carbocycles. The van der Waals surface area contributed by atoms with E-state index in [2.05, 4.69) is 10.1 Å². The first-order valence-corrected chi connectivity index (χ1v) is 12.1. The number of nitrogens with zero attached hydrogens (tertiary/aromatic N) is 1. The van der Waals surface area contributed by atoms with Crippen LogP contribution >= 0.6 is 0 Å². The number of fused-ring (bicyclic) bond motifs is 3. The number of halogens is 3. The van der Waals surface area contributed by atoms with Gasteiger partial charge < -0.3 is 19.5 Å². The summed E-state index contributed by atoms with van der Waals surface area (Å²) in [5, 5.41) is 3.27. The van der Waals surface area contributed by atoms with Crippen LogP contribution in [0.5, 0.6) is 17.2 Å². The van der Waals surface area contributed by atoms with Gasteiger partial charge in [-0.05, 0) is 50.6 Å². The summed E-state index contributed by atoms with van der Waals surface area (Å²) in [4.78, 5) is 15.5. The topological polar surface area (TPSA) is 60.0 Å². The zero-order valence-corrected chi connectivity index (χ0v) is 20.5. The second-order valence-electron chi connectivity index (χ2n) is 9.33. The summed E-state index contributed by atoms with van der Waals surface area (Å²) < 4.78 is 57.4. The van der Waals surface area contributed by atoms with Crippen molar-refractivity contribution in [2.24, 2.45) is 5.92 Å². The first-order chi connectivity index (χ1) is 17.7. The van der Waals surface area contributed by atoms with E-state index < -0.39 is 12.3 Å². The summed E-state index contributed by atoms with van der Waals surface area (Å²) in [7, 11) is 1.88. The maximum atomic E-state index is 13.7. The Kier molecular flexibility index (Phi) is 6.72. The molecule has 0 amide bonds. The molecule has 2 heterocycles. The minimum atomic E-state index is -4.95. The monoisotopic (exact) mass is 512 g/mol. The zero-order chi connectivity index (χ0) is 26.2. The molecule has 1 fully saturated rings. The van der Waals surface area contributed by atoms with E-state index in [4.69, 9.17) is 9.47 Å². The highest BCUT2D eigenvalue weighted by Crippen LogP contribution is 2.54. The molecule has 0 aromatic heterocycles. The molecule has 6 nitrogen and oxygen atoms in total. The number of carbonyl (C=O) groups is 1. The van der Waals surface area contributed by atoms with E-state index in [9.17, 15) is 18.0 Å². The fourth-order valence-corrected chi connectivity index (χ4v) is 5.25. The van der Waals surface area contributed by atoms with E-state index in [1.807, 2.05) is 42.3 Å². The highest BCUT2D eigenvalue weighted by Gasteiger charge is 2.45. The largest absolute Gasteiger partial charge is 0.573 e. The van der Waals surface area contributed by atoms with E-state index >= 15 is 0 Å². The number of hydrogen-bond acceptors (Lipinski definition) is 6. The summed E-state index contributed by atoms with van der Waals surface area (Å²) in [6.07, 6.45) is -4.12. The third-order valence-corrected chi connectivity index (χ3v) is 6.90. The third-order valence-electron chi connectivity index (χ3n) is 6.90. The van der Waals surface area contributed by atoms with Gasteiger partial charge in [0.05, 0.1) is 5.69 Å². The van der Waals surface area contributed by atoms with Crippen LogP contribution in [0.1, 0.15) is 39.5 Å². The van der Waals surface area contributed by atoms with Gasteiger partial charge in [0.2, 0.25) is 0 Å². The Hall–Kier alpha value is -3.72. The second kappa shape index (κ2) is 9.97. The first kappa shape index (κ1) is 25.0. The van der Waals surface area contributed by atoms with Gasteiger partial charge in [-0.1, -0.05) is 48.5 Å². The van der Waals surface area contributed by atoms with Crippen molar-refractivity contribution in [1.82, 2.24) is 4.90 Å². The molecule has 2 unspecified atom stereocenters. The lowest BCUT2D eigenvalue weighted by molar-refractivity contribution is -0.275. The number of likely N-dealkylation sites (tertiary alicyclic amines) is 1. The van der Waals surface area contributed by atoms with Crippen LogP contribution in [0.2, 0.25) is 0 Å². The normalized spacial score (nSPS) is 18.9. The van der Waals surface area contributed by atoms with Gasteiger partial charge in [0.1, 0.15) is 23.7 Å². The molecule has 37 heavy (non-hydrogen) atoms. The van der Waals surface area contributed by atoms with E-state index in [1.54, 1.807) is 30.3 Å². The van der Waals surface area contributed by atoms with E-state index in [1.165, 1.54) is 6.92 Å². The number of ether oxygens (including phenoxy) is 3. The zero-order valence-electron chi connectivity index (χ0n) is 20.5. The van der Waals surface area contributed by atoms with Crippen molar-refractivity contribution in [1.29, 1.82) is 0 Å². The highest BCUT2D eigenvalue weighted by atomic mass is 19.4. The van der Waals surface area contributed by atoms with Crippen molar-refractivity contribution in [3.05, 3.63) is 82.9 Å². The Morgan fingerprint density at radius 2 is 1.73 bits per heavy atom. The van der Waals surface area contributed by atoms with Crippen LogP contribution in [0.15, 0.2) is 60.7 Å². The van der Waals surface area contributed by atoms with Gasteiger partial charge >= 0.3 is 12.3 Å². The molecule has 3 aromatic carbocycles. The van der Waals surface area contributed by atoms with Crippen LogP contribution < -0.4 is 19.5 Å². The molecule has 9 heteroatoms. The van der Waals surface area contributed by atoms with Crippen LogP contribution in [-0.2, 0) is 6.61 Å². The second-order valence-corrected chi connectivity index (χ2v) is 9.33. The number of para-hydroxylation sites is 1. The maximum Gasteiger partial charge on any atom is 0.573 e. The quantitative estimate of drug-likeness (QED) is 0.318. The fourth-order valence-electron chi connectivity index (χ4n) is 5.25. The minimum Gasteiger partial charge on any atom is -0.486 e. The SMILES string of the molecule is Cc1c(OC(F)(F)F)c2c(c(OCc3ccccc3)c1C(=O)Oc1ccccc1)NCC1CCN(C)C21. The smallest absolute Gasteiger partial charge is 0.486 e. The molecule has 0 radical (unpaired) electrons. The number of carbonyl (C=O) groups excluding carboxylic acids is 1. The number of nitrogens with one attached hydrogen (secondary N) is 1. The number of rotatable bonds is 6. The Bertz CT molecular complexity index is 1280. The number of hydrogen-bond donors (Lipinski definition) is 1. The predicted molar refractivity (Wildman–Crippen MR) is 132 cm³/mol.